The highest BCUT2D eigenvalue weighted by atomic mass is 35.5. The third-order valence-corrected chi connectivity index (χ3v) is 7.55. The smallest absolute Gasteiger partial charge is 0.263 e. The number of anilines is 1. The van der Waals surface area contributed by atoms with E-state index in [1.165, 1.54) is 27.7 Å². The Labute approximate surface area is 197 Å². The van der Waals surface area contributed by atoms with Gasteiger partial charge >= 0.3 is 0 Å². The van der Waals surface area contributed by atoms with Gasteiger partial charge in [-0.3, -0.25) is 14.2 Å². The van der Waals surface area contributed by atoms with E-state index in [0.717, 1.165) is 11.1 Å². The molecular weight excluding hydrogens is 473 g/mol. The topological polar surface area (TPSA) is 64.0 Å². The molecule has 0 spiro atoms. The molecule has 5 nitrogen and oxygen atoms in total. The fourth-order valence-corrected chi connectivity index (χ4v) is 5.25. The van der Waals surface area contributed by atoms with Crippen molar-refractivity contribution in [3.8, 4) is 11.1 Å². The van der Waals surface area contributed by atoms with Gasteiger partial charge in [0.15, 0.2) is 5.16 Å². The summed E-state index contributed by atoms with van der Waals surface area (Å²) in [6.45, 7) is 1.75. The highest BCUT2D eigenvalue weighted by Crippen LogP contribution is 2.33. The van der Waals surface area contributed by atoms with Crippen molar-refractivity contribution in [3.63, 3.8) is 0 Å². The van der Waals surface area contributed by atoms with Crippen LogP contribution in [0.5, 0.6) is 0 Å². The molecule has 0 bridgehead atoms. The van der Waals surface area contributed by atoms with Gasteiger partial charge in [-0.15, -0.1) is 11.3 Å². The maximum absolute atomic E-state index is 13.1. The summed E-state index contributed by atoms with van der Waals surface area (Å²) in [6, 6.07) is 14.8. The first-order valence-corrected chi connectivity index (χ1v) is 11.8. The van der Waals surface area contributed by atoms with E-state index in [1.807, 2.05) is 35.7 Å². The molecule has 158 valence electrons. The Hall–Kier alpha value is -2.32. The summed E-state index contributed by atoms with van der Waals surface area (Å²) in [4.78, 5) is 31.1. The number of rotatable bonds is 5. The van der Waals surface area contributed by atoms with Crippen LogP contribution in [0.25, 0.3) is 21.3 Å². The van der Waals surface area contributed by atoms with Gasteiger partial charge in [0.05, 0.1) is 26.4 Å². The summed E-state index contributed by atoms with van der Waals surface area (Å²) in [5, 5.41) is 5.92. The molecule has 4 rings (SSSR count). The van der Waals surface area contributed by atoms with E-state index in [1.54, 1.807) is 32.2 Å². The van der Waals surface area contributed by atoms with E-state index >= 15 is 0 Å². The van der Waals surface area contributed by atoms with E-state index in [2.05, 4.69) is 10.3 Å². The van der Waals surface area contributed by atoms with Gasteiger partial charge in [0, 0.05) is 18.0 Å². The monoisotopic (exact) mass is 489 g/mol. The van der Waals surface area contributed by atoms with Crippen LogP contribution in [0.2, 0.25) is 10.0 Å². The average molecular weight is 490 g/mol. The van der Waals surface area contributed by atoms with E-state index in [9.17, 15) is 9.59 Å². The molecule has 2 aromatic heterocycles. The lowest BCUT2D eigenvalue weighted by molar-refractivity contribution is -0.115. The highest BCUT2D eigenvalue weighted by molar-refractivity contribution is 8.00. The number of halogens is 2. The number of carbonyl (C=O) groups excluding carboxylic acids is 1. The molecule has 31 heavy (non-hydrogen) atoms. The van der Waals surface area contributed by atoms with Crippen LogP contribution < -0.4 is 10.9 Å². The molecule has 0 aliphatic heterocycles. The van der Waals surface area contributed by atoms with E-state index in [-0.39, 0.29) is 16.5 Å². The molecule has 1 N–H and O–H groups in total. The molecule has 0 fully saturated rings. The lowest BCUT2D eigenvalue weighted by Gasteiger charge is -2.14. The quantitative estimate of drug-likeness (QED) is 0.272. The summed E-state index contributed by atoms with van der Waals surface area (Å²) >= 11 is 14.8. The lowest BCUT2D eigenvalue weighted by atomic mass is 10.1. The van der Waals surface area contributed by atoms with E-state index in [4.69, 9.17) is 23.2 Å². The van der Waals surface area contributed by atoms with Crippen molar-refractivity contribution in [1.82, 2.24) is 9.55 Å². The number of nitrogens with zero attached hydrogens (tertiary/aromatic N) is 2. The Bertz CT molecular complexity index is 1340. The first-order valence-electron chi connectivity index (χ1n) is 9.32. The third-order valence-electron chi connectivity index (χ3n) is 4.72. The van der Waals surface area contributed by atoms with Crippen LogP contribution in [-0.4, -0.2) is 20.7 Å². The summed E-state index contributed by atoms with van der Waals surface area (Å²) in [7, 11) is 1.67. The molecule has 2 aromatic carbocycles. The second-order valence-electron chi connectivity index (χ2n) is 6.80. The minimum absolute atomic E-state index is 0.141. The van der Waals surface area contributed by atoms with Crippen LogP contribution in [0.15, 0.2) is 63.9 Å². The number of fused-ring (bicyclic) bond motifs is 1. The molecule has 2 heterocycles. The normalized spacial score (nSPS) is 12.1. The molecule has 0 saturated carbocycles. The number of carbonyl (C=O) groups is 1. The van der Waals surface area contributed by atoms with Crippen LogP contribution in [-0.2, 0) is 11.8 Å². The zero-order valence-electron chi connectivity index (χ0n) is 16.6. The van der Waals surface area contributed by atoms with Crippen molar-refractivity contribution in [3.05, 3.63) is 74.3 Å². The number of hydrogen-bond acceptors (Lipinski definition) is 5. The first kappa shape index (κ1) is 21.9. The Morgan fingerprint density at radius 3 is 2.65 bits per heavy atom. The molecule has 1 unspecified atom stereocenters. The van der Waals surface area contributed by atoms with E-state index in [0.29, 0.717) is 26.1 Å². The Balaban J connectivity index is 1.61. The number of thiophene rings is 1. The van der Waals surface area contributed by atoms with Crippen molar-refractivity contribution in [2.45, 2.75) is 17.3 Å². The van der Waals surface area contributed by atoms with Gasteiger partial charge in [0.25, 0.3) is 5.56 Å². The Kier molecular flexibility index (Phi) is 6.39. The minimum atomic E-state index is -0.515. The van der Waals surface area contributed by atoms with Gasteiger partial charge in [-0.2, -0.15) is 0 Å². The van der Waals surface area contributed by atoms with Crippen LogP contribution in [0.1, 0.15) is 6.92 Å². The number of nitrogens with one attached hydrogen (secondary N) is 1. The molecular formula is C22H17Cl2N3O2S2. The van der Waals surface area contributed by atoms with Gasteiger partial charge in [0.2, 0.25) is 5.91 Å². The number of benzene rings is 2. The minimum Gasteiger partial charge on any atom is -0.324 e. The molecule has 0 aliphatic carbocycles. The molecule has 1 atom stereocenters. The Morgan fingerprint density at radius 2 is 1.90 bits per heavy atom. The van der Waals surface area contributed by atoms with Crippen LogP contribution in [0, 0.1) is 0 Å². The summed E-state index contributed by atoms with van der Waals surface area (Å²) in [5.41, 5.74) is 2.14. The van der Waals surface area contributed by atoms with Crippen molar-refractivity contribution in [2.24, 2.45) is 7.05 Å². The zero-order valence-corrected chi connectivity index (χ0v) is 19.7. The summed E-state index contributed by atoms with van der Waals surface area (Å²) < 4.78 is 1.49. The van der Waals surface area contributed by atoms with Crippen molar-refractivity contribution in [1.29, 1.82) is 0 Å². The number of amides is 1. The van der Waals surface area contributed by atoms with Crippen LogP contribution in [0.3, 0.4) is 0 Å². The summed E-state index contributed by atoms with van der Waals surface area (Å²) in [6.07, 6.45) is 0. The Morgan fingerprint density at radius 1 is 1.16 bits per heavy atom. The lowest BCUT2D eigenvalue weighted by Crippen LogP contribution is -2.25. The van der Waals surface area contributed by atoms with E-state index < -0.39 is 5.25 Å². The fraction of sp³-hybridized carbons (Fsp3) is 0.136. The van der Waals surface area contributed by atoms with Gasteiger partial charge < -0.3 is 5.32 Å². The fourth-order valence-electron chi connectivity index (χ4n) is 3.04. The van der Waals surface area contributed by atoms with Gasteiger partial charge in [-0.1, -0.05) is 71.4 Å². The van der Waals surface area contributed by atoms with Crippen molar-refractivity contribution < 1.29 is 4.79 Å². The van der Waals surface area contributed by atoms with Gasteiger partial charge in [-0.25, -0.2) is 4.98 Å². The molecule has 9 heteroatoms. The maximum Gasteiger partial charge on any atom is 0.263 e. The average Bonchev–Trinajstić information content (AvgIpc) is 3.19. The van der Waals surface area contributed by atoms with Crippen LogP contribution >= 0.6 is 46.3 Å². The molecule has 1 amide bonds. The highest BCUT2D eigenvalue weighted by Gasteiger charge is 2.21. The zero-order chi connectivity index (χ0) is 22.1. The second-order valence-corrected chi connectivity index (χ2v) is 9.76. The maximum atomic E-state index is 13.1. The van der Waals surface area contributed by atoms with Crippen LogP contribution in [0.4, 0.5) is 5.69 Å². The van der Waals surface area contributed by atoms with Crippen molar-refractivity contribution in [2.75, 3.05) is 5.32 Å². The SMILES string of the molecule is CC(Sc1nc2scc(-c3ccccc3)c2c(=O)n1C)C(=O)Nc1cccc(Cl)c1Cl. The number of thioether (sulfide) groups is 1. The molecule has 0 saturated heterocycles. The molecule has 4 aromatic rings. The molecule has 0 aliphatic rings. The third kappa shape index (κ3) is 4.36. The predicted octanol–water partition coefficient (Wildman–Crippen LogP) is 6.09. The number of hydrogen-bond donors (Lipinski definition) is 1. The van der Waals surface area contributed by atoms with Gasteiger partial charge in [0.1, 0.15) is 4.83 Å². The van der Waals surface area contributed by atoms with Gasteiger partial charge in [-0.05, 0) is 24.6 Å². The second kappa shape index (κ2) is 9.04. The first-order chi connectivity index (χ1) is 14.9. The largest absolute Gasteiger partial charge is 0.324 e. The molecule has 0 radical (unpaired) electrons. The number of aromatic nitrogens is 2. The van der Waals surface area contributed by atoms with Crippen molar-refractivity contribution >= 4 is 68.1 Å². The summed E-state index contributed by atoms with van der Waals surface area (Å²) in [5.74, 6) is -0.264. The predicted molar refractivity (Wildman–Crippen MR) is 131 cm³/mol. The standard InChI is InChI=1S/C22H17Cl2N3O2S2/c1-12(19(28)25-16-10-6-9-15(23)18(16)24)31-22-26-20-17(21(29)27(22)2)14(11-30-20)13-7-4-3-5-8-13/h3-12H,1-2H3,(H,25,28).